The minimum atomic E-state index is 0.0131. The van der Waals surface area contributed by atoms with Crippen LogP contribution in [0.5, 0.6) is 11.5 Å². The zero-order valence-corrected chi connectivity index (χ0v) is 9.62. The van der Waals surface area contributed by atoms with Crippen LogP contribution in [0.25, 0.3) is 0 Å². The first-order valence-electron chi connectivity index (χ1n) is 5.25. The highest BCUT2D eigenvalue weighted by Gasteiger charge is 2.07. The van der Waals surface area contributed by atoms with Gasteiger partial charge in [-0.2, -0.15) is 0 Å². The number of hydrogen-bond donors (Lipinski definition) is 1. The number of rotatable bonds is 5. The van der Waals surface area contributed by atoms with Gasteiger partial charge in [0.2, 0.25) is 0 Å². The Bertz CT molecular complexity index is 310. The summed E-state index contributed by atoms with van der Waals surface area (Å²) in [6, 6.07) is 5.82. The van der Waals surface area contributed by atoms with E-state index in [0.717, 1.165) is 23.5 Å². The van der Waals surface area contributed by atoms with E-state index in [0.29, 0.717) is 6.61 Å². The number of nitrogens with two attached hydrogens (primary N) is 1. The first-order valence-corrected chi connectivity index (χ1v) is 5.25. The van der Waals surface area contributed by atoms with Crippen LogP contribution in [-0.2, 0) is 0 Å². The lowest BCUT2D eigenvalue weighted by Gasteiger charge is -2.13. The van der Waals surface area contributed by atoms with Crippen molar-refractivity contribution in [2.75, 3.05) is 13.7 Å². The predicted molar refractivity (Wildman–Crippen MR) is 61.4 cm³/mol. The first-order chi connectivity index (χ1) is 7.19. The van der Waals surface area contributed by atoms with E-state index in [4.69, 9.17) is 15.2 Å². The number of ether oxygens (including phenoxy) is 2. The molecule has 1 rings (SSSR count). The van der Waals surface area contributed by atoms with E-state index in [1.54, 1.807) is 7.11 Å². The van der Waals surface area contributed by atoms with Crippen LogP contribution in [0.2, 0.25) is 0 Å². The fourth-order valence-electron chi connectivity index (χ4n) is 1.30. The molecule has 0 aliphatic heterocycles. The Hall–Kier alpha value is -1.22. The summed E-state index contributed by atoms with van der Waals surface area (Å²) in [6.45, 7) is 4.72. The normalized spacial score (nSPS) is 12.3. The maximum Gasteiger partial charge on any atom is 0.161 e. The van der Waals surface area contributed by atoms with Crippen molar-refractivity contribution in [1.29, 1.82) is 0 Å². The summed E-state index contributed by atoms with van der Waals surface area (Å²) in [6.07, 6.45) is 0.984. The molecule has 1 aromatic rings. The Labute approximate surface area is 91.2 Å². The molecule has 0 saturated carbocycles. The van der Waals surface area contributed by atoms with Gasteiger partial charge in [0.1, 0.15) is 0 Å². The molecule has 1 atom stereocenters. The van der Waals surface area contributed by atoms with Gasteiger partial charge in [-0.05, 0) is 31.0 Å². The Kier molecular flexibility index (Phi) is 4.43. The predicted octanol–water partition coefficient (Wildman–Crippen LogP) is 2.50. The topological polar surface area (TPSA) is 44.5 Å². The van der Waals surface area contributed by atoms with Gasteiger partial charge in [-0.1, -0.05) is 13.0 Å². The van der Waals surface area contributed by atoms with Crippen molar-refractivity contribution in [3.05, 3.63) is 23.8 Å². The molecule has 0 spiro atoms. The molecule has 3 nitrogen and oxygen atoms in total. The summed E-state index contributed by atoms with van der Waals surface area (Å²) >= 11 is 0. The molecule has 2 N–H and O–H groups in total. The summed E-state index contributed by atoms with van der Waals surface area (Å²) < 4.78 is 10.8. The molecule has 0 bridgehead atoms. The van der Waals surface area contributed by atoms with Crippen LogP contribution in [0.4, 0.5) is 0 Å². The molecule has 3 heteroatoms. The standard InChI is InChI=1S/C12H19NO2/c1-4-7-15-11-6-5-10(9(2)13)8-12(11)14-3/h5-6,8-9H,4,7,13H2,1-3H3. The van der Waals surface area contributed by atoms with Crippen LogP contribution < -0.4 is 15.2 Å². The second-order valence-electron chi connectivity index (χ2n) is 3.55. The van der Waals surface area contributed by atoms with E-state index in [2.05, 4.69) is 6.92 Å². The van der Waals surface area contributed by atoms with Gasteiger partial charge < -0.3 is 15.2 Å². The minimum absolute atomic E-state index is 0.0131. The third kappa shape index (κ3) is 3.13. The second-order valence-corrected chi connectivity index (χ2v) is 3.55. The molecule has 84 valence electrons. The van der Waals surface area contributed by atoms with Crippen molar-refractivity contribution in [2.24, 2.45) is 5.73 Å². The maximum absolute atomic E-state index is 5.79. The molecule has 0 aliphatic rings. The third-order valence-electron chi connectivity index (χ3n) is 2.18. The monoisotopic (exact) mass is 209 g/mol. The van der Waals surface area contributed by atoms with Crippen molar-refractivity contribution < 1.29 is 9.47 Å². The quantitative estimate of drug-likeness (QED) is 0.810. The Morgan fingerprint density at radius 2 is 2.07 bits per heavy atom. The van der Waals surface area contributed by atoms with Crippen LogP contribution in [0.15, 0.2) is 18.2 Å². The average molecular weight is 209 g/mol. The molecule has 0 aliphatic carbocycles. The molecule has 1 aromatic carbocycles. The van der Waals surface area contributed by atoms with E-state index in [9.17, 15) is 0 Å². The fraction of sp³-hybridized carbons (Fsp3) is 0.500. The Morgan fingerprint density at radius 1 is 1.33 bits per heavy atom. The number of benzene rings is 1. The van der Waals surface area contributed by atoms with Gasteiger partial charge in [-0.3, -0.25) is 0 Å². The molecule has 0 radical (unpaired) electrons. The summed E-state index contributed by atoms with van der Waals surface area (Å²) in [5.74, 6) is 1.53. The minimum Gasteiger partial charge on any atom is -0.493 e. The van der Waals surface area contributed by atoms with Gasteiger partial charge in [0.05, 0.1) is 13.7 Å². The molecule has 0 aromatic heterocycles. The number of methoxy groups -OCH3 is 1. The van der Waals surface area contributed by atoms with E-state index in [1.165, 1.54) is 0 Å². The highest BCUT2D eigenvalue weighted by Crippen LogP contribution is 2.29. The van der Waals surface area contributed by atoms with Gasteiger partial charge in [0.25, 0.3) is 0 Å². The SMILES string of the molecule is CCCOc1ccc(C(C)N)cc1OC. The van der Waals surface area contributed by atoms with Gasteiger partial charge in [0.15, 0.2) is 11.5 Å². The molecule has 1 unspecified atom stereocenters. The fourth-order valence-corrected chi connectivity index (χ4v) is 1.30. The largest absolute Gasteiger partial charge is 0.493 e. The lowest BCUT2D eigenvalue weighted by Crippen LogP contribution is -2.05. The second kappa shape index (κ2) is 5.61. The first kappa shape index (κ1) is 11.9. The van der Waals surface area contributed by atoms with Gasteiger partial charge in [-0.25, -0.2) is 0 Å². The van der Waals surface area contributed by atoms with Crippen molar-refractivity contribution in [2.45, 2.75) is 26.3 Å². The van der Waals surface area contributed by atoms with Crippen LogP contribution in [0.1, 0.15) is 31.9 Å². The molecule has 15 heavy (non-hydrogen) atoms. The lowest BCUT2D eigenvalue weighted by molar-refractivity contribution is 0.294. The highest BCUT2D eigenvalue weighted by atomic mass is 16.5. The molecule has 0 saturated heterocycles. The van der Waals surface area contributed by atoms with E-state index >= 15 is 0 Å². The molecular formula is C12H19NO2. The average Bonchev–Trinajstić information content (AvgIpc) is 2.25. The van der Waals surface area contributed by atoms with E-state index in [1.807, 2.05) is 25.1 Å². The molecule has 0 amide bonds. The molecular weight excluding hydrogens is 190 g/mol. The van der Waals surface area contributed by atoms with Gasteiger partial charge in [-0.15, -0.1) is 0 Å². The number of hydrogen-bond acceptors (Lipinski definition) is 3. The van der Waals surface area contributed by atoms with Gasteiger partial charge in [0, 0.05) is 6.04 Å². The Balaban J connectivity index is 2.88. The van der Waals surface area contributed by atoms with Crippen molar-refractivity contribution in [3.8, 4) is 11.5 Å². The van der Waals surface area contributed by atoms with Crippen molar-refractivity contribution >= 4 is 0 Å². The molecule has 0 fully saturated rings. The smallest absolute Gasteiger partial charge is 0.161 e. The van der Waals surface area contributed by atoms with Crippen LogP contribution >= 0.6 is 0 Å². The van der Waals surface area contributed by atoms with E-state index in [-0.39, 0.29) is 6.04 Å². The van der Waals surface area contributed by atoms with Crippen molar-refractivity contribution in [1.82, 2.24) is 0 Å². The maximum atomic E-state index is 5.79. The van der Waals surface area contributed by atoms with Gasteiger partial charge >= 0.3 is 0 Å². The van der Waals surface area contributed by atoms with E-state index < -0.39 is 0 Å². The van der Waals surface area contributed by atoms with Crippen LogP contribution in [0, 0.1) is 0 Å². The lowest BCUT2D eigenvalue weighted by atomic mass is 10.1. The summed E-state index contributed by atoms with van der Waals surface area (Å²) in [5, 5.41) is 0. The van der Waals surface area contributed by atoms with Crippen LogP contribution in [0.3, 0.4) is 0 Å². The zero-order chi connectivity index (χ0) is 11.3. The zero-order valence-electron chi connectivity index (χ0n) is 9.62. The summed E-state index contributed by atoms with van der Waals surface area (Å²) in [5.41, 5.74) is 6.84. The summed E-state index contributed by atoms with van der Waals surface area (Å²) in [7, 11) is 1.64. The summed E-state index contributed by atoms with van der Waals surface area (Å²) in [4.78, 5) is 0. The Morgan fingerprint density at radius 3 is 2.60 bits per heavy atom. The molecule has 0 heterocycles. The van der Waals surface area contributed by atoms with Crippen LogP contribution in [-0.4, -0.2) is 13.7 Å². The van der Waals surface area contributed by atoms with Crippen molar-refractivity contribution in [3.63, 3.8) is 0 Å². The third-order valence-corrected chi connectivity index (χ3v) is 2.18. The highest BCUT2D eigenvalue weighted by molar-refractivity contribution is 5.43.